The van der Waals surface area contributed by atoms with Crippen LogP contribution in [0.4, 0.5) is 0 Å². The first-order chi connectivity index (χ1) is 10.1. The normalized spacial score (nSPS) is 20.7. The number of fused-ring (bicyclic) bond motifs is 1. The average Bonchev–Trinajstić information content (AvgIpc) is 2.50. The molecule has 2 aromatic rings. The highest BCUT2D eigenvalue weighted by Gasteiger charge is 2.31. The summed E-state index contributed by atoms with van der Waals surface area (Å²) in [6.07, 6.45) is 6.97. The lowest BCUT2D eigenvalue weighted by atomic mass is 10.1. The van der Waals surface area contributed by atoms with E-state index in [0.717, 1.165) is 0 Å². The SMILES string of the molecule is NCC1(n2c(=O)c(=O)[nH]c3ccc(Cl)cc32)C=CC=CN1. The number of dihydropyridines is 1. The van der Waals surface area contributed by atoms with Crippen LogP contribution in [0.2, 0.25) is 5.02 Å². The Kier molecular flexibility index (Phi) is 3.19. The third-order valence-corrected chi connectivity index (χ3v) is 3.70. The molecule has 0 amide bonds. The van der Waals surface area contributed by atoms with E-state index in [-0.39, 0.29) is 6.54 Å². The Morgan fingerprint density at radius 1 is 1.29 bits per heavy atom. The molecular weight excluding hydrogens is 292 g/mol. The molecule has 0 saturated carbocycles. The van der Waals surface area contributed by atoms with Crippen molar-refractivity contribution in [2.75, 3.05) is 6.54 Å². The van der Waals surface area contributed by atoms with Crippen LogP contribution >= 0.6 is 11.6 Å². The van der Waals surface area contributed by atoms with Gasteiger partial charge >= 0.3 is 11.1 Å². The number of nitrogens with one attached hydrogen (secondary N) is 2. The molecule has 1 aliphatic rings. The van der Waals surface area contributed by atoms with Crippen LogP contribution in [-0.2, 0) is 5.66 Å². The number of H-pyrrole nitrogens is 1. The van der Waals surface area contributed by atoms with Crippen LogP contribution in [0.15, 0.2) is 52.2 Å². The predicted octanol–water partition coefficient (Wildman–Crippen LogP) is 0.628. The number of hydrogen-bond acceptors (Lipinski definition) is 4. The summed E-state index contributed by atoms with van der Waals surface area (Å²) in [5.41, 5.74) is 4.49. The van der Waals surface area contributed by atoms with E-state index >= 15 is 0 Å². The lowest BCUT2D eigenvalue weighted by molar-refractivity contribution is 0.332. The third kappa shape index (κ3) is 2.09. The van der Waals surface area contributed by atoms with Gasteiger partial charge in [-0.05, 0) is 36.6 Å². The fourth-order valence-corrected chi connectivity index (χ4v) is 2.61. The van der Waals surface area contributed by atoms with Gasteiger partial charge in [0.15, 0.2) is 0 Å². The van der Waals surface area contributed by atoms with E-state index in [1.807, 2.05) is 0 Å². The van der Waals surface area contributed by atoms with Crippen molar-refractivity contribution in [2.45, 2.75) is 5.66 Å². The highest BCUT2D eigenvalue weighted by atomic mass is 35.5. The minimum atomic E-state index is -0.997. The molecule has 21 heavy (non-hydrogen) atoms. The van der Waals surface area contributed by atoms with Gasteiger partial charge in [-0.15, -0.1) is 0 Å². The van der Waals surface area contributed by atoms with Crippen molar-refractivity contribution in [1.82, 2.24) is 14.9 Å². The number of rotatable bonds is 2. The fraction of sp³-hybridized carbons (Fsp3) is 0.143. The summed E-state index contributed by atoms with van der Waals surface area (Å²) < 4.78 is 1.34. The molecule has 0 bridgehead atoms. The van der Waals surface area contributed by atoms with Gasteiger partial charge in [0, 0.05) is 11.6 Å². The molecule has 108 valence electrons. The van der Waals surface area contributed by atoms with Gasteiger partial charge in [-0.25, -0.2) is 0 Å². The Morgan fingerprint density at radius 3 is 2.76 bits per heavy atom. The second-order valence-corrected chi connectivity index (χ2v) is 5.18. The number of nitrogens with two attached hydrogens (primary N) is 1. The van der Waals surface area contributed by atoms with Gasteiger partial charge in [0.05, 0.1) is 11.0 Å². The van der Waals surface area contributed by atoms with Gasteiger partial charge in [0.25, 0.3) is 0 Å². The Balaban J connectivity index is 2.45. The Bertz CT molecular complexity index is 881. The molecule has 0 aliphatic carbocycles. The van der Waals surface area contributed by atoms with Crippen molar-refractivity contribution in [3.8, 4) is 0 Å². The van der Waals surface area contributed by atoms with E-state index in [1.165, 1.54) is 4.57 Å². The molecule has 1 unspecified atom stereocenters. The maximum absolute atomic E-state index is 12.4. The molecule has 1 aromatic heterocycles. The van der Waals surface area contributed by atoms with Crippen LogP contribution in [0.25, 0.3) is 11.0 Å². The smallest absolute Gasteiger partial charge is 0.318 e. The quantitative estimate of drug-likeness (QED) is 0.709. The summed E-state index contributed by atoms with van der Waals surface area (Å²) in [5.74, 6) is 0. The molecule has 3 rings (SSSR count). The van der Waals surface area contributed by atoms with E-state index in [0.29, 0.717) is 16.1 Å². The first-order valence-electron chi connectivity index (χ1n) is 6.35. The van der Waals surface area contributed by atoms with Crippen molar-refractivity contribution >= 4 is 22.6 Å². The lowest BCUT2D eigenvalue weighted by Gasteiger charge is -2.34. The van der Waals surface area contributed by atoms with E-state index in [4.69, 9.17) is 17.3 Å². The summed E-state index contributed by atoms with van der Waals surface area (Å²) in [6, 6.07) is 4.93. The van der Waals surface area contributed by atoms with Gasteiger partial charge in [-0.3, -0.25) is 14.2 Å². The van der Waals surface area contributed by atoms with Crippen LogP contribution in [-0.4, -0.2) is 16.1 Å². The number of nitrogens with zero attached hydrogens (tertiary/aromatic N) is 1. The molecule has 7 heteroatoms. The van der Waals surface area contributed by atoms with E-state index in [2.05, 4.69) is 10.3 Å². The molecule has 4 N–H and O–H groups in total. The Hall–Kier alpha value is -2.31. The van der Waals surface area contributed by atoms with E-state index < -0.39 is 16.8 Å². The largest absolute Gasteiger partial charge is 0.364 e. The van der Waals surface area contributed by atoms with Crippen LogP contribution < -0.4 is 22.2 Å². The minimum absolute atomic E-state index is 0.0960. The number of halogens is 1. The number of aromatic amines is 1. The summed E-state index contributed by atoms with van der Waals surface area (Å²) in [6.45, 7) is 0.0960. The zero-order chi connectivity index (χ0) is 15.0. The zero-order valence-corrected chi connectivity index (χ0v) is 11.7. The molecule has 1 aliphatic heterocycles. The zero-order valence-electron chi connectivity index (χ0n) is 11.0. The number of hydrogen-bond donors (Lipinski definition) is 3. The van der Waals surface area contributed by atoms with Crippen LogP contribution in [0.1, 0.15) is 0 Å². The topological polar surface area (TPSA) is 92.9 Å². The summed E-state index contributed by atoms with van der Waals surface area (Å²) in [7, 11) is 0. The first-order valence-corrected chi connectivity index (χ1v) is 6.72. The summed E-state index contributed by atoms with van der Waals surface area (Å²) in [5, 5.41) is 3.52. The molecule has 1 atom stereocenters. The van der Waals surface area contributed by atoms with Gasteiger partial charge in [-0.2, -0.15) is 0 Å². The second kappa shape index (κ2) is 4.91. The molecule has 2 heterocycles. The number of benzene rings is 1. The fourth-order valence-electron chi connectivity index (χ4n) is 2.45. The highest BCUT2D eigenvalue weighted by molar-refractivity contribution is 6.31. The molecular formula is C14H13ClN4O2. The Labute approximate surface area is 124 Å². The molecule has 0 radical (unpaired) electrons. The van der Waals surface area contributed by atoms with Crippen molar-refractivity contribution in [1.29, 1.82) is 0 Å². The summed E-state index contributed by atoms with van der Waals surface area (Å²) >= 11 is 6.02. The van der Waals surface area contributed by atoms with Gasteiger partial charge in [-0.1, -0.05) is 17.7 Å². The number of allylic oxidation sites excluding steroid dienone is 2. The predicted molar refractivity (Wildman–Crippen MR) is 82.3 cm³/mol. The maximum Gasteiger partial charge on any atom is 0.318 e. The van der Waals surface area contributed by atoms with Crippen LogP contribution in [0.5, 0.6) is 0 Å². The van der Waals surface area contributed by atoms with E-state index in [9.17, 15) is 9.59 Å². The van der Waals surface area contributed by atoms with Crippen molar-refractivity contribution in [2.24, 2.45) is 5.73 Å². The molecule has 0 saturated heterocycles. The molecule has 1 aromatic carbocycles. The van der Waals surface area contributed by atoms with Crippen LogP contribution in [0.3, 0.4) is 0 Å². The molecule has 0 fully saturated rings. The maximum atomic E-state index is 12.4. The lowest BCUT2D eigenvalue weighted by Crippen LogP contribution is -2.57. The van der Waals surface area contributed by atoms with Gasteiger partial charge in [0.2, 0.25) is 0 Å². The third-order valence-electron chi connectivity index (χ3n) is 3.47. The summed E-state index contributed by atoms with van der Waals surface area (Å²) in [4.78, 5) is 26.8. The van der Waals surface area contributed by atoms with E-state index in [1.54, 1.807) is 42.6 Å². The first kappa shape index (κ1) is 13.7. The minimum Gasteiger partial charge on any atom is -0.364 e. The van der Waals surface area contributed by atoms with Crippen molar-refractivity contribution in [3.05, 3.63) is 68.4 Å². The highest BCUT2D eigenvalue weighted by Crippen LogP contribution is 2.22. The molecule has 6 nitrogen and oxygen atoms in total. The van der Waals surface area contributed by atoms with Gasteiger partial charge < -0.3 is 16.0 Å². The van der Waals surface area contributed by atoms with Gasteiger partial charge in [0.1, 0.15) is 5.66 Å². The standard InChI is InChI=1S/C14H13ClN4O2/c15-9-3-4-10-11(7-9)19(13(21)12(20)18-10)14(8-16)5-1-2-6-17-14/h1-7,17H,8,16H2,(H,18,20). The van der Waals surface area contributed by atoms with Crippen LogP contribution in [0, 0.1) is 0 Å². The molecule has 0 spiro atoms. The Morgan fingerprint density at radius 2 is 2.10 bits per heavy atom. The number of aromatic nitrogens is 2. The average molecular weight is 305 g/mol. The second-order valence-electron chi connectivity index (χ2n) is 4.75. The van der Waals surface area contributed by atoms with Crippen molar-refractivity contribution < 1.29 is 0 Å². The monoisotopic (exact) mass is 304 g/mol. The van der Waals surface area contributed by atoms with Crippen molar-refractivity contribution in [3.63, 3.8) is 0 Å².